The molecule has 3 rings (SSSR count). The zero-order chi connectivity index (χ0) is 14.7. The minimum absolute atomic E-state index is 0.0504. The van der Waals surface area contributed by atoms with Gasteiger partial charge in [0.05, 0.1) is 16.9 Å². The Morgan fingerprint density at radius 1 is 1.10 bits per heavy atom. The van der Waals surface area contributed by atoms with Crippen LogP contribution in [0.1, 0.15) is 65.8 Å². The van der Waals surface area contributed by atoms with E-state index in [9.17, 15) is 0 Å². The molecule has 1 fully saturated rings. The Bertz CT molecular complexity index is 501. The van der Waals surface area contributed by atoms with E-state index in [4.69, 9.17) is 0 Å². The van der Waals surface area contributed by atoms with Gasteiger partial charge in [0, 0.05) is 0 Å². The maximum atomic E-state index is 4.45. The SMILES string of the molecule is CC(C)(C)C[C@@H]1[C@@H]2CCc3nnn(C(C)(C)C)c3C[C@@H]21. The second kappa shape index (κ2) is 4.32. The standard InChI is InChI=1S/C17H29N3/c1-16(2,3)10-13-11-7-8-14-15(9-12(11)13)20(19-18-14)17(4,5)6/h11-13H,7-10H2,1-6H3/t11-,12+,13-/m1/s1. The molecule has 1 saturated carbocycles. The molecule has 3 nitrogen and oxygen atoms in total. The summed E-state index contributed by atoms with van der Waals surface area (Å²) in [5, 5.41) is 8.88. The van der Waals surface area contributed by atoms with Gasteiger partial charge in [0.15, 0.2) is 0 Å². The number of hydrogen-bond donors (Lipinski definition) is 0. The fourth-order valence-corrected chi connectivity index (χ4v) is 4.06. The first-order chi connectivity index (χ1) is 9.17. The molecule has 3 atom stereocenters. The molecule has 0 saturated heterocycles. The summed E-state index contributed by atoms with van der Waals surface area (Å²) in [5.41, 5.74) is 3.19. The Morgan fingerprint density at radius 2 is 1.80 bits per heavy atom. The Labute approximate surface area is 123 Å². The predicted octanol–water partition coefficient (Wildman–Crippen LogP) is 3.82. The van der Waals surface area contributed by atoms with Crippen LogP contribution in [0.15, 0.2) is 0 Å². The highest BCUT2D eigenvalue weighted by Crippen LogP contribution is 2.57. The van der Waals surface area contributed by atoms with Crippen molar-refractivity contribution in [3.63, 3.8) is 0 Å². The lowest BCUT2D eigenvalue weighted by atomic mass is 9.87. The van der Waals surface area contributed by atoms with Crippen molar-refractivity contribution in [3.8, 4) is 0 Å². The number of nitrogens with zero attached hydrogens (tertiary/aromatic N) is 3. The van der Waals surface area contributed by atoms with Crippen molar-refractivity contribution in [2.24, 2.45) is 23.2 Å². The van der Waals surface area contributed by atoms with Crippen LogP contribution < -0.4 is 0 Å². The lowest BCUT2D eigenvalue weighted by Gasteiger charge is -2.22. The van der Waals surface area contributed by atoms with Crippen molar-refractivity contribution in [2.75, 3.05) is 0 Å². The molecular weight excluding hydrogens is 246 g/mol. The van der Waals surface area contributed by atoms with E-state index in [1.807, 2.05) is 0 Å². The predicted molar refractivity (Wildman–Crippen MR) is 81.6 cm³/mol. The van der Waals surface area contributed by atoms with Gasteiger partial charge in [-0.05, 0) is 69.6 Å². The van der Waals surface area contributed by atoms with Crippen molar-refractivity contribution < 1.29 is 0 Å². The van der Waals surface area contributed by atoms with Gasteiger partial charge in [-0.15, -0.1) is 5.10 Å². The summed E-state index contributed by atoms with van der Waals surface area (Å²) >= 11 is 0. The van der Waals surface area contributed by atoms with Crippen LogP contribution in [0, 0.1) is 23.2 Å². The zero-order valence-electron chi connectivity index (χ0n) is 13.9. The third kappa shape index (κ3) is 2.51. The summed E-state index contributed by atoms with van der Waals surface area (Å²) in [6.45, 7) is 13.8. The third-order valence-electron chi connectivity index (χ3n) is 4.98. The molecule has 0 amide bonds. The summed E-state index contributed by atoms with van der Waals surface area (Å²) in [4.78, 5) is 0. The van der Waals surface area contributed by atoms with Gasteiger partial charge in [-0.2, -0.15) is 0 Å². The zero-order valence-corrected chi connectivity index (χ0v) is 13.9. The molecule has 0 N–H and O–H groups in total. The molecule has 0 radical (unpaired) electrons. The highest BCUT2D eigenvalue weighted by atomic mass is 15.5. The minimum atomic E-state index is 0.0504. The number of hydrogen-bond acceptors (Lipinski definition) is 2. The van der Waals surface area contributed by atoms with E-state index in [-0.39, 0.29) is 5.54 Å². The number of rotatable bonds is 1. The van der Waals surface area contributed by atoms with Gasteiger partial charge < -0.3 is 0 Å². The highest BCUT2D eigenvalue weighted by molar-refractivity contribution is 5.20. The topological polar surface area (TPSA) is 30.7 Å². The molecule has 1 aromatic rings. The lowest BCUT2D eigenvalue weighted by molar-refractivity contribution is 0.324. The maximum absolute atomic E-state index is 4.45. The molecule has 0 aliphatic heterocycles. The first-order valence-corrected chi connectivity index (χ1v) is 8.11. The molecule has 0 spiro atoms. The molecule has 0 bridgehead atoms. The fraction of sp³-hybridized carbons (Fsp3) is 0.882. The number of fused-ring (bicyclic) bond motifs is 2. The van der Waals surface area contributed by atoms with Crippen molar-refractivity contribution in [2.45, 2.75) is 72.8 Å². The second-order valence-corrected chi connectivity index (χ2v) is 9.06. The molecule has 2 aliphatic carbocycles. The van der Waals surface area contributed by atoms with Gasteiger partial charge in [-0.1, -0.05) is 26.0 Å². The van der Waals surface area contributed by atoms with Crippen LogP contribution in [0.3, 0.4) is 0 Å². The summed E-state index contributed by atoms with van der Waals surface area (Å²) in [7, 11) is 0. The van der Waals surface area contributed by atoms with Crippen molar-refractivity contribution in [1.82, 2.24) is 15.0 Å². The smallest absolute Gasteiger partial charge is 0.0859 e. The molecule has 3 heteroatoms. The summed E-state index contributed by atoms with van der Waals surface area (Å²) in [5.74, 6) is 2.76. The molecule has 0 aromatic carbocycles. The molecule has 112 valence electrons. The Balaban J connectivity index is 1.81. The Morgan fingerprint density at radius 3 is 2.40 bits per heavy atom. The molecule has 20 heavy (non-hydrogen) atoms. The fourth-order valence-electron chi connectivity index (χ4n) is 4.06. The summed E-state index contributed by atoms with van der Waals surface area (Å²) in [6, 6.07) is 0. The Hall–Kier alpha value is -0.860. The van der Waals surface area contributed by atoms with E-state index >= 15 is 0 Å². The Kier molecular flexibility index (Phi) is 3.04. The van der Waals surface area contributed by atoms with Gasteiger partial charge in [0.1, 0.15) is 0 Å². The molecular formula is C17H29N3. The average Bonchev–Trinajstić information content (AvgIpc) is 2.76. The molecule has 1 aromatic heterocycles. The quantitative estimate of drug-likeness (QED) is 0.780. The molecule has 1 heterocycles. The largest absolute Gasteiger partial charge is 0.244 e. The first kappa shape index (κ1) is 14.1. The van der Waals surface area contributed by atoms with Gasteiger partial charge in [-0.3, -0.25) is 0 Å². The van der Waals surface area contributed by atoms with Gasteiger partial charge in [0.2, 0.25) is 0 Å². The third-order valence-corrected chi connectivity index (χ3v) is 4.98. The summed E-state index contributed by atoms with van der Waals surface area (Å²) in [6.07, 6.45) is 5.02. The monoisotopic (exact) mass is 275 g/mol. The normalized spacial score (nSPS) is 29.6. The lowest BCUT2D eigenvalue weighted by Crippen LogP contribution is -2.26. The number of aryl methyl sites for hydroxylation is 1. The van der Waals surface area contributed by atoms with Crippen molar-refractivity contribution in [3.05, 3.63) is 11.4 Å². The average molecular weight is 275 g/mol. The van der Waals surface area contributed by atoms with E-state index in [1.165, 1.54) is 30.7 Å². The van der Waals surface area contributed by atoms with E-state index in [1.54, 1.807) is 0 Å². The van der Waals surface area contributed by atoms with E-state index < -0.39 is 0 Å². The van der Waals surface area contributed by atoms with Crippen molar-refractivity contribution in [1.29, 1.82) is 0 Å². The van der Waals surface area contributed by atoms with Gasteiger partial charge in [0.25, 0.3) is 0 Å². The first-order valence-electron chi connectivity index (χ1n) is 8.11. The molecule has 2 aliphatic rings. The van der Waals surface area contributed by atoms with E-state index in [0.717, 1.165) is 24.2 Å². The minimum Gasteiger partial charge on any atom is -0.244 e. The maximum Gasteiger partial charge on any atom is 0.0859 e. The van der Waals surface area contributed by atoms with Crippen LogP contribution >= 0.6 is 0 Å². The summed E-state index contributed by atoms with van der Waals surface area (Å²) < 4.78 is 2.18. The van der Waals surface area contributed by atoms with Crippen LogP contribution in [0.4, 0.5) is 0 Å². The van der Waals surface area contributed by atoms with Crippen LogP contribution in [0.2, 0.25) is 0 Å². The van der Waals surface area contributed by atoms with Crippen LogP contribution in [0.5, 0.6) is 0 Å². The van der Waals surface area contributed by atoms with Crippen LogP contribution in [-0.4, -0.2) is 15.0 Å². The second-order valence-electron chi connectivity index (χ2n) is 9.06. The van der Waals surface area contributed by atoms with Gasteiger partial charge >= 0.3 is 0 Å². The van der Waals surface area contributed by atoms with Crippen molar-refractivity contribution >= 4 is 0 Å². The highest BCUT2D eigenvalue weighted by Gasteiger charge is 2.52. The van der Waals surface area contributed by atoms with E-state index in [0.29, 0.717) is 5.41 Å². The van der Waals surface area contributed by atoms with Crippen LogP contribution in [-0.2, 0) is 18.4 Å². The van der Waals surface area contributed by atoms with E-state index in [2.05, 4.69) is 56.5 Å². The number of aromatic nitrogens is 3. The van der Waals surface area contributed by atoms with Gasteiger partial charge in [-0.25, -0.2) is 4.68 Å². The molecule has 0 unspecified atom stereocenters. The van der Waals surface area contributed by atoms with Crippen LogP contribution in [0.25, 0.3) is 0 Å².